The van der Waals surface area contributed by atoms with E-state index >= 15 is 0 Å². The highest BCUT2D eigenvalue weighted by molar-refractivity contribution is 5.89. The minimum Gasteiger partial charge on any atom is -0.493 e. The number of pyridine rings is 1. The molecule has 0 aliphatic carbocycles. The van der Waals surface area contributed by atoms with E-state index in [9.17, 15) is 9.90 Å². The van der Waals surface area contributed by atoms with Crippen molar-refractivity contribution in [3.8, 4) is 23.0 Å². The fraction of sp³-hybridized carbons (Fsp3) is 0.333. The Morgan fingerprint density at radius 2 is 1.62 bits per heavy atom. The Hall–Kier alpha value is -3.52. The molecule has 0 radical (unpaired) electrons. The topological polar surface area (TPSA) is 84.4 Å². The summed E-state index contributed by atoms with van der Waals surface area (Å²) >= 11 is 0. The van der Waals surface area contributed by atoms with Crippen molar-refractivity contribution >= 4 is 22.7 Å². The van der Waals surface area contributed by atoms with Crippen LogP contribution in [0.3, 0.4) is 0 Å². The van der Waals surface area contributed by atoms with Crippen LogP contribution in [0.1, 0.15) is 11.1 Å². The fourth-order valence-corrected chi connectivity index (χ4v) is 3.45. The normalized spacial score (nSPS) is 11.0. The summed E-state index contributed by atoms with van der Waals surface area (Å²) in [5.41, 5.74) is 3.00. The number of carbonyl (C=O) groups is 1. The Morgan fingerprint density at radius 3 is 2.25 bits per heavy atom. The largest absolute Gasteiger partial charge is 0.493 e. The first-order valence-corrected chi connectivity index (χ1v) is 10.2. The minimum absolute atomic E-state index is 0.374. The molecule has 0 saturated heterocycles. The molecule has 3 rings (SSSR count). The molecule has 0 unspecified atom stereocenters. The molecule has 0 aliphatic rings. The molecule has 1 N–H and O–H groups in total. The second-order valence-electron chi connectivity index (χ2n) is 7.78. The molecule has 0 fully saturated rings. The zero-order valence-corrected chi connectivity index (χ0v) is 19.3. The lowest BCUT2D eigenvalue weighted by Gasteiger charge is -2.24. The maximum absolute atomic E-state index is 11.9. The number of anilines is 1. The molecule has 2 aromatic carbocycles. The number of nitrogens with zero attached hydrogens (tertiary/aromatic N) is 3. The van der Waals surface area contributed by atoms with Crippen molar-refractivity contribution in [3.63, 3.8) is 0 Å². The van der Waals surface area contributed by atoms with Crippen molar-refractivity contribution < 1.29 is 24.1 Å². The number of aryl methyl sites for hydroxylation is 2. The number of rotatable bonds is 8. The van der Waals surface area contributed by atoms with E-state index in [1.165, 1.54) is 4.90 Å². The maximum Gasteiger partial charge on any atom is 0.411 e. The van der Waals surface area contributed by atoms with Crippen molar-refractivity contribution in [1.82, 2.24) is 9.88 Å². The molecule has 1 amide bonds. The molecular weight excluding hydrogens is 410 g/mol. The van der Waals surface area contributed by atoms with Gasteiger partial charge in [0.2, 0.25) is 0 Å². The monoisotopic (exact) mass is 439 g/mol. The van der Waals surface area contributed by atoms with Gasteiger partial charge in [-0.15, -0.1) is 0 Å². The Kier molecular flexibility index (Phi) is 7.05. The number of amides is 1. The average molecular weight is 440 g/mol. The molecule has 3 aromatic rings. The molecule has 32 heavy (non-hydrogen) atoms. The van der Waals surface area contributed by atoms with E-state index in [4.69, 9.17) is 14.2 Å². The highest BCUT2D eigenvalue weighted by atomic mass is 16.5. The van der Waals surface area contributed by atoms with Crippen molar-refractivity contribution in [3.05, 3.63) is 47.7 Å². The second-order valence-corrected chi connectivity index (χ2v) is 7.78. The van der Waals surface area contributed by atoms with Gasteiger partial charge < -0.3 is 24.2 Å². The van der Waals surface area contributed by atoms with Crippen LogP contribution in [0.2, 0.25) is 0 Å². The predicted molar refractivity (Wildman–Crippen MR) is 125 cm³/mol. The maximum atomic E-state index is 11.9. The molecule has 8 nitrogen and oxygen atoms in total. The summed E-state index contributed by atoms with van der Waals surface area (Å²) in [6.45, 7) is 4.78. The van der Waals surface area contributed by atoms with Crippen LogP contribution in [0.5, 0.6) is 23.0 Å². The molecule has 1 aromatic heterocycles. The Morgan fingerprint density at radius 1 is 0.938 bits per heavy atom. The summed E-state index contributed by atoms with van der Waals surface area (Å²) in [5.74, 6) is 2.44. The van der Waals surface area contributed by atoms with Crippen LogP contribution in [0.25, 0.3) is 10.9 Å². The molecule has 0 aliphatic heterocycles. The van der Waals surface area contributed by atoms with Crippen LogP contribution in [0.4, 0.5) is 10.5 Å². The number of methoxy groups -OCH3 is 2. The lowest BCUT2D eigenvalue weighted by Crippen LogP contribution is -2.36. The van der Waals surface area contributed by atoms with Crippen molar-refractivity contribution in [2.45, 2.75) is 13.8 Å². The second kappa shape index (κ2) is 9.74. The minimum atomic E-state index is -0.982. The van der Waals surface area contributed by atoms with Crippen LogP contribution in [0.15, 0.2) is 36.5 Å². The third-order valence-electron chi connectivity index (χ3n) is 5.21. The lowest BCUT2D eigenvalue weighted by molar-refractivity contribution is 0.201. The van der Waals surface area contributed by atoms with Gasteiger partial charge in [-0.1, -0.05) is 0 Å². The summed E-state index contributed by atoms with van der Waals surface area (Å²) < 4.78 is 17.0. The van der Waals surface area contributed by atoms with Gasteiger partial charge in [-0.2, -0.15) is 0 Å². The molecule has 170 valence electrons. The van der Waals surface area contributed by atoms with Crippen LogP contribution in [-0.2, 0) is 0 Å². The van der Waals surface area contributed by atoms with E-state index < -0.39 is 6.09 Å². The first-order chi connectivity index (χ1) is 15.2. The molecule has 0 saturated carbocycles. The van der Waals surface area contributed by atoms with E-state index in [0.717, 1.165) is 16.5 Å². The summed E-state index contributed by atoms with van der Waals surface area (Å²) in [6, 6.07) is 9.14. The molecule has 0 spiro atoms. The quantitative estimate of drug-likeness (QED) is 0.544. The number of likely N-dealkylation sites (N-methyl/N-ethyl adjacent to an activating group) is 1. The van der Waals surface area contributed by atoms with Gasteiger partial charge in [-0.05, 0) is 63.3 Å². The number of fused-ring (bicyclic) bond motifs is 1. The van der Waals surface area contributed by atoms with E-state index in [0.29, 0.717) is 47.3 Å². The summed E-state index contributed by atoms with van der Waals surface area (Å²) in [4.78, 5) is 19.6. The van der Waals surface area contributed by atoms with Gasteiger partial charge in [0.25, 0.3) is 0 Å². The SMILES string of the molecule is COc1cc2nccc(Oc3cc(C)c(N(CCN(C)C)C(=O)O)cc3C)c2cc1OC. The van der Waals surface area contributed by atoms with Gasteiger partial charge in [0.05, 0.1) is 25.4 Å². The van der Waals surface area contributed by atoms with Gasteiger partial charge >= 0.3 is 6.09 Å². The first-order valence-electron chi connectivity index (χ1n) is 10.2. The fourth-order valence-electron chi connectivity index (χ4n) is 3.45. The standard InChI is InChI=1S/C24H29N3O5/c1-15-12-21(16(2)11-19(15)27(24(28)29)10-9-26(3)4)32-20-7-8-25-18-14-23(31-6)22(30-5)13-17(18)20/h7-8,11-14H,9-10H2,1-6H3,(H,28,29). The molecule has 0 atom stereocenters. The Bertz CT molecular complexity index is 1130. The zero-order chi connectivity index (χ0) is 23.4. The van der Waals surface area contributed by atoms with Crippen LogP contribution in [0, 0.1) is 13.8 Å². The number of ether oxygens (including phenoxy) is 3. The van der Waals surface area contributed by atoms with E-state index in [1.807, 2.05) is 51.0 Å². The first kappa shape index (κ1) is 23.1. The molecular formula is C24H29N3O5. The number of aromatic nitrogens is 1. The van der Waals surface area contributed by atoms with Gasteiger partial charge in [-0.3, -0.25) is 9.88 Å². The number of carboxylic acid groups (broad SMARTS) is 1. The molecule has 0 bridgehead atoms. The smallest absolute Gasteiger partial charge is 0.411 e. The predicted octanol–water partition coefficient (Wildman–Crippen LogP) is 4.71. The third-order valence-corrected chi connectivity index (χ3v) is 5.21. The highest BCUT2D eigenvalue weighted by Gasteiger charge is 2.19. The summed E-state index contributed by atoms with van der Waals surface area (Å²) in [6.07, 6.45) is 0.692. The average Bonchev–Trinajstić information content (AvgIpc) is 2.75. The van der Waals surface area contributed by atoms with Crippen LogP contribution < -0.4 is 19.1 Å². The van der Waals surface area contributed by atoms with Gasteiger partial charge in [0.15, 0.2) is 11.5 Å². The van der Waals surface area contributed by atoms with Crippen LogP contribution in [-0.4, -0.2) is 62.5 Å². The molecule has 8 heteroatoms. The third kappa shape index (κ3) is 4.86. The summed E-state index contributed by atoms with van der Waals surface area (Å²) in [7, 11) is 6.99. The van der Waals surface area contributed by atoms with E-state index in [2.05, 4.69) is 4.98 Å². The molecule has 1 heterocycles. The van der Waals surface area contributed by atoms with Gasteiger partial charge in [-0.25, -0.2) is 4.79 Å². The summed E-state index contributed by atoms with van der Waals surface area (Å²) in [5, 5.41) is 10.5. The van der Waals surface area contributed by atoms with Gasteiger partial charge in [0, 0.05) is 30.7 Å². The van der Waals surface area contributed by atoms with E-state index in [-0.39, 0.29) is 0 Å². The van der Waals surface area contributed by atoms with E-state index in [1.54, 1.807) is 32.5 Å². The van der Waals surface area contributed by atoms with Crippen molar-refractivity contribution in [2.75, 3.05) is 46.3 Å². The Labute approximate surface area is 187 Å². The van der Waals surface area contributed by atoms with Crippen molar-refractivity contribution in [2.24, 2.45) is 0 Å². The Balaban J connectivity index is 1.99. The zero-order valence-electron chi connectivity index (χ0n) is 19.3. The van der Waals surface area contributed by atoms with Crippen molar-refractivity contribution in [1.29, 1.82) is 0 Å². The highest BCUT2D eigenvalue weighted by Crippen LogP contribution is 2.38. The van der Waals surface area contributed by atoms with Crippen LogP contribution >= 0.6 is 0 Å². The number of hydrogen-bond donors (Lipinski definition) is 1. The van der Waals surface area contributed by atoms with Gasteiger partial charge in [0.1, 0.15) is 11.5 Å². The number of benzene rings is 2. The lowest BCUT2D eigenvalue weighted by atomic mass is 10.1. The number of hydrogen-bond acceptors (Lipinski definition) is 6.